The van der Waals surface area contributed by atoms with E-state index in [-0.39, 0.29) is 11.3 Å². The molecule has 0 aliphatic carbocycles. The highest BCUT2D eigenvalue weighted by molar-refractivity contribution is 7.89. The van der Waals surface area contributed by atoms with Gasteiger partial charge in [-0.3, -0.25) is 0 Å². The first-order valence-corrected chi connectivity index (χ1v) is 8.95. The molecule has 3 rings (SSSR count). The van der Waals surface area contributed by atoms with E-state index in [1.165, 1.54) is 20.3 Å². The standard InChI is InChI=1S/C17H19NO5S/c1-22-14-8-5-6-11(17(14)23-2)10-13-16(19)12-7-3-4-9-15(12)24(20,21)18-13/h3-9,13,16,18-19H,10H2,1-2H3/t13-,16+/m1/s1. The SMILES string of the molecule is COc1cccc(C[C@H]2NS(=O)(=O)c3ccccc3[C@@H]2O)c1OC. The molecular weight excluding hydrogens is 330 g/mol. The Hall–Kier alpha value is -2.09. The van der Waals surface area contributed by atoms with Crippen LogP contribution in [-0.2, 0) is 16.4 Å². The van der Waals surface area contributed by atoms with Crippen molar-refractivity contribution in [1.29, 1.82) is 0 Å². The van der Waals surface area contributed by atoms with Crippen LogP contribution in [0.25, 0.3) is 0 Å². The second-order valence-corrected chi connectivity index (χ2v) is 7.25. The van der Waals surface area contributed by atoms with E-state index < -0.39 is 22.2 Å². The summed E-state index contributed by atoms with van der Waals surface area (Å²) in [7, 11) is -0.598. The first kappa shape index (κ1) is 16.8. The van der Waals surface area contributed by atoms with Crippen LogP contribution in [0.2, 0.25) is 0 Å². The van der Waals surface area contributed by atoms with Crippen molar-refractivity contribution in [2.75, 3.05) is 14.2 Å². The van der Waals surface area contributed by atoms with Gasteiger partial charge in [0, 0.05) is 5.56 Å². The first-order chi connectivity index (χ1) is 11.5. The Kier molecular flexibility index (Phi) is 4.49. The Balaban J connectivity index is 1.98. The number of rotatable bonds is 4. The van der Waals surface area contributed by atoms with E-state index >= 15 is 0 Å². The second-order valence-electron chi connectivity index (χ2n) is 5.57. The maximum Gasteiger partial charge on any atom is 0.241 e. The van der Waals surface area contributed by atoms with E-state index in [4.69, 9.17) is 9.47 Å². The van der Waals surface area contributed by atoms with Crippen molar-refractivity contribution in [2.24, 2.45) is 0 Å². The molecule has 0 radical (unpaired) electrons. The minimum absolute atomic E-state index is 0.117. The van der Waals surface area contributed by atoms with E-state index in [0.29, 0.717) is 17.1 Å². The van der Waals surface area contributed by atoms with Crippen molar-refractivity contribution >= 4 is 10.0 Å². The molecule has 0 fully saturated rings. The van der Waals surface area contributed by atoms with Crippen molar-refractivity contribution in [3.05, 3.63) is 53.6 Å². The van der Waals surface area contributed by atoms with Gasteiger partial charge < -0.3 is 14.6 Å². The Morgan fingerprint density at radius 3 is 2.54 bits per heavy atom. The van der Waals surface area contributed by atoms with E-state index in [1.807, 2.05) is 6.07 Å². The molecule has 24 heavy (non-hydrogen) atoms. The van der Waals surface area contributed by atoms with Gasteiger partial charge in [0.2, 0.25) is 10.0 Å². The summed E-state index contributed by atoms with van der Waals surface area (Å²) in [6, 6.07) is 11.2. The molecule has 2 aromatic carbocycles. The summed E-state index contributed by atoms with van der Waals surface area (Å²) in [5, 5.41) is 10.6. The smallest absolute Gasteiger partial charge is 0.241 e. The summed E-state index contributed by atoms with van der Waals surface area (Å²) < 4.78 is 38.0. The lowest BCUT2D eigenvalue weighted by molar-refractivity contribution is 0.131. The Morgan fingerprint density at radius 2 is 1.83 bits per heavy atom. The molecular formula is C17H19NO5S. The molecule has 0 saturated carbocycles. The molecule has 1 aliphatic heterocycles. The van der Waals surface area contributed by atoms with Gasteiger partial charge in [0.1, 0.15) is 0 Å². The van der Waals surface area contributed by atoms with E-state index in [9.17, 15) is 13.5 Å². The minimum Gasteiger partial charge on any atom is -0.493 e. The monoisotopic (exact) mass is 349 g/mol. The number of aliphatic hydroxyl groups is 1. The summed E-state index contributed by atoms with van der Waals surface area (Å²) in [6.07, 6.45) is -0.671. The van der Waals surface area contributed by atoms with Crippen molar-refractivity contribution in [2.45, 2.75) is 23.5 Å². The molecule has 0 aromatic heterocycles. The van der Waals surface area contributed by atoms with Crippen LogP contribution in [0.5, 0.6) is 11.5 Å². The summed E-state index contributed by atoms with van der Waals surface area (Å²) in [5.41, 5.74) is 1.16. The van der Waals surface area contributed by atoms with Crippen LogP contribution in [0.4, 0.5) is 0 Å². The van der Waals surface area contributed by atoms with Gasteiger partial charge >= 0.3 is 0 Å². The molecule has 2 atom stereocenters. The quantitative estimate of drug-likeness (QED) is 0.877. The number of para-hydroxylation sites is 1. The fraction of sp³-hybridized carbons (Fsp3) is 0.294. The maximum absolute atomic E-state index is 12.4. The largest absolute Gasteiger partial charge is 0.493 e. The Morgan fingerprint density at radius 1 is 1.08 bits per heavy atom. The Labute approximate surface area is 141 Å². The predicted molar refractivity (Wildman–Crippen MR) is 88.8 cm³/mol. The number of hydrogen-bond acceptors (Lipinski definition) is 5. The highest BCUT2D eigenvalue weighted by Crippen LogP contribution is 2.36. The molecule has 0 spiro atoms. The van der Waals surface area contributed by atoms with Crippen LogP contribution in [-0.4, -0.2) is 33.8 Å². The van der Waals surface area contributed by atoms with Crippen molar-refractivity contribution in [3.63, 3.8) is 0 Å². The van der Waals surface area contributed by atoms with Crippen LogP contribution in [0.1, 0.15) is 17.2 Å². The molecule has 0 bridgehead atoms. The third-order valence-electron chi connectivity index (χ3n) is 4.14. The molecule has 1 aliphatic rings. The summed E-state index contributed by atoms with van der Waals surface area (Å²) in [6.45, 7) is 0. The molecule has 2 aromatic rings. The van der Waals surface area contributed by atoms with Crippen LogP contribution in [0.15, 0.2) is 47.4 Å². The minimum atomic E-state index is -3.66. The average Bonchev–Trinajstić information content (AvgIpc) is 2.59. The van der Waals surface area contributed by atoms with Gasteiger partial charge in [0.15, 0.2) is 11.5 Å². The predicted octanol–water partition coefficient (Wildman–Crippen LogP) is 1.64. The van der Waals surface area contributed by atoms with Crippen LogP contribution >= 0.6 is 0 Å². The fourth-order valence-electron chi connectivity index (χ4n) is 3.02. The number of aliphatic hydroxyl groups excluding tert-OH is 1. The highest BCUT2D eigenvalue weighted by atomic mass is 32.2. The molecule has 1 heterocycles. The van der Waals surface area contributed by atoms with Crippen LogP contribution in [0, 0.1) is 0 Å². The van der Waals surface area contributed by atoms with Gasteiger partial charge in [-0.05, 0) is 24.1 Å². The van der Waals surface area contributed by atoms with Gasteiger partial charge in [-0.25, -0.2) is 13.1 Å². The molecule has 2 N–H and O–H groups in total. The van der Waals surface area contributed by atoms with E-state index in [2.05, 4.69) is 4.72 Å². The number of benzene rings is 2. The number of sulfonamides is 1. The number of ether oxygens (including phenoxy) is 2. The number of hydrogen-bond donors (Lipinski definition) is 2. The molecule has 128 valence electrons. The van der Waals surface area contributed by atoms with Crippen LogP contribution < -0.4 is 14.2 Å². The van der Waals surface area contributed by atoms with Crippen LogP contribution in [0.3, 0.4) is 0 Å². The van der Waals surface area contributed by atoms with E-state index in [1.54, 1.807) is 30.3 Å². The number of nitrogens with one attached hydrogen (secondary N) is 1. The molecule has 7 heteroatoms. The van der Waals surface area contributed by atoms with Crippen molar-refractivity contribution in [3.8, 4) is 11.5 Å². The fourth-order valence-corrected chi connectivity index (χ4v) is 4.51. The van der Waals surface area contributed by atoms with Gasteiger partial charge in [0.25, 0.3) is 0 Å². The Bertz CT molecular complexity index is 850. The summed E-state index contributed by atoms with van der Waals surface area (Å²) >= 11 is 0. The first-order valence-electron chi connectivity index (χ1n) is 7.47. The maximum atomic E-state index is 12.4. The zero-order valence-corrected chi connectivity index (χ0v) is 14.2. The molecule has 6 nitrogen and oxygen atoms in total. The zero-order valence-electron chi connectivity index (χ0n) is 13.4. The zero-order chi connectivity index (χ0) is 17.3. The summed E-state index contributed by atoms with van der Waals surface area (Å²) in [5.74, 6) is 1.09. The lowest BCUT2D eigenvalue weighted by atomic mass is 9.96. The average molecular weight is 349 g/mol. The lowest BCUT2D eigenvalue weighted by Crippen LogP contribution is -2.45. The molecule has 0 amide bonds. The van der Waals surface area contributed by atoms with Crippen molar-refractivity contribution in [1.82, 2.24) is 4.72 Å². The van der Waals surface area contributed by atoms with Gasteiger partial charge in [-0.1, -0.05) is 30.3 Å². The van der Waals surface area contributed by atoms with Gasteiger partial charge in [-0.2, -0.15) is 0 Å². The number of methoxy groups -OCH3 is 2. The molecule has 0 unspecified atom stereocenters. The van der Waals surface area contributed by atoms with Gasteiger partial charge in [-0.15, -0.1) is 0 Å². The van der Waals surface area contributed by atoms with E-state index in [0.717, 1.165) is 5.56 Å². The highest BCUT2D eigenvalue weighted by Gasteiger charge is 2.36. The normalized spacial score (nSPS) is 21.8. The topological polar surface area (TPSA) is 84.9 Å². The second kappa shape index (κ2) is 6.43. The van der Waals surface area contributed by atoms with Crippen molar-refractivity contribution < 1.29 is 23.0 Å². The summed E-state index contributed by atoms with van der Waals surface area (Å²) in [4.78, 5) is 0.117. The third kappa shape index (κ3) is 2.86. The number of fused-ring (bicyclic) bond motifs is 1. The third-order valence-corrected chi connectivity index (χ3v) is 5.70. The van der Waals surface area contributed by atoms with Gasteiger partial charge in [0.05, 0.1) is 31.3 Å². The lowest BCUT2D eigenvalue weighted by Gasteiger charge is -2.31. The molecule has 0 saturated heterocycles.